The number of urea groups is 1. The molecule has 1 heterocycles. The van der Waals surface area contributed by atoms with Crippen LogP contribution in [0.15, 0.2) is 18.2 Å². The Morgan fingerprint density at radius 1 is 1.27 bits per heavy atom. The Labute approximate surface area is 192 Å². The molecule has 33 heavy (non-hydrogen) atoms. The Hall–Kier alpha value is -2.73. The van der Waals surface area contributed by atoms with Gasteiger partial charge in [0.2, 0.25) is 21.8 Å². The third-order valence-corrected chi connectivity index (χ3v) is 6.90. The van der Waals surface area contributed by atoms with Crippen molar-refractivity contribution in [3.63, 3.8) is 0 Å². The second-order valence-electron chi connectivity index (χ2n) is 8.26. The maximum absolute atomic E-state index is 14.1. The summed E-state index contributed by atoms with van der Waals surface area (Å²) < 4.78 is 47.2. The molecule has 1 aromatic carbocycles. The fraction of sp³-hybridized carbons (Fsp3) is 0.571. The van der Waals surface area contributed by atoms with E-state index < -0.39 is 33.8 Å². The molecule has 1 unspecified atom stereocenters. The molecule has 2 aliphatic rings. The first kappa shape index (κ1) is 24.9. The number of nitrogens with one attached hydrogen (secondary N) is 3. The van der Waals surface area contributed by atoms with Gasteiger partial charge in [0.15, 0.2) is 11.6 Å². The summed E-state index contributed by atoms with van der Waals surface area (Å²) in [7, 11) is -2.45. The van der Waals surface area contributed by atoms with Gasteiger partial charge in [-0.05, 0) is 49.3 Å². The summed E-state index contributed by atoms with van der Waals surface area (Å²) in [6, 6.07) is 2.18. The van der Waals surface area contributed by atoms with Gasteiger partial charge in [0, 0.05) is 13.6 Å². The molecule has 1 aliphatic carbocycles. The zero-order valence-electron chi connectivity index (χ0n) is 18.4. The molecule has 3 N–H and O–H groups in total. The number of sulfonamides is 1. The number of hydrogen-bond acceptors (Lipinski definition) is 6. The monoisotopic (exact) mass is 484 g/mol. The summed E-state index contributed by atoms with van der Waals surface area (Å²) in [5.41, 5.74) is 0.273. The minimum Gasteiger partial charge on any atom is -0.490 e. The van der Waals surface area contributed by atoms with Crippen LogP contribution in [0.5, 0.6) is 5.75 Å². The van der Waals surface area contributed by atoms with Gasteiger partial charge in [0.05, 0.1) is 12.4 Å². The Kier molecular flexibility index (Phi) is 8.25. The minimum absolute atomic E-state index is 0.0104. The van der Waals surface area contributed by atoms with Gasteiger partial charge in [-0.1, -0.05) is 12.5 Å². The SMILES string of the molecule is CNC(=O)C(NS(=O)(=O)CCCCCN1CC(=O)NC1=O)c1ccc(F)c(OCC2CC2)c1. The Balaban J connectivity index is 1.55. The molecule has 1 aliphatic heterocycles. The van der Waals surface area contributed by atoms with Gasteiger partial charge in [-0.25, -0.2) is 17.6 Å². The van der Waals surface area contributed by atoms with Crippen LogP contribution in [0.2, 0.25) is 0 Å². The fourth-order valence-electron chi connectivity index (χ4n) is 3.39. The number of hydrogen-bond donors (Lipinski definition) is 3. The van der Waals surface area contributed by atoms with E-state index in [1.807, 2.05) is 0 Å². The maximum Gasteiger partial charge on any atom is 0.324 e. The van der Waals surface area contributed by atoms with Crippen molar-refractivity contribution in [2.45, 2.75) is 38.1 Å². The normalized spacial score (nSPS) is 17.1. The van der Waals surface area contributed by atoms with Gasteiger partial charge in [-0.3, -0.25) is 14.9 Å². The van der Waals surface area contributed by atoms with Crippen molar-refractivity contribution in [1.82, 2.24) is 20.3 Å². The summed E-state index contributed by atoms with van der Waals surface area (Å²) in [6.45, 7) is 0.742. The first-order chi connectivity index (χ1) is 15.7. The second kappa shape index (κ2) is 10.9. The van der Waals surface area contributed by atoms with Crippen molar-refractivity contribution in [2.24, 2.45) is 5.92 Å². The highest BCUT2D eigenvalue weighted by Gasteiger charge is 2.28. The van der Waals surface area contributed by atoms with Crippen LogP contribution < -0.4 is 20.1 Å². The smallest absolute Gasteiger partial charge is 0.324 e. The molecule has 182 valence electrons. The number of likely N-dealkylation sites (N-methyl/N-ethyl adjacent to an activating group) is 1. The van der Waals surface area contributed by atoms with E-state index in [0.717, 1.165) is 18.9 Å². The van der Waals surface area contributed by atoms with Gasteiger partial charge in [-0.2, -0.15) is 4.72 Å². The molecule has 1 atom stereocenters. The molecule has 0 aromatic heterocycles. The van der Waals surface area contributed by atoms with Crippen molar-refractivity contribution in [1.29, 1.82) is 0 Å². The van der Waals surface area contributed by atoms with Gasteiger partial charge in [0.25, 0.3) is 0 Å². The van der Waals surface area contributed by atoms with Crippen molar-refractivity contribution in [3.8, 4) is 5.75 Å². The second-order valence-corrected chi connectivity index (χ2v) is 10.1. The van der Waals surface area contributed by atoms with Crippen molar-refractivity contribution in [3.05, 3.63) is 29.6 Å². The number of ether oxygens (including phenoxy) is 1. The van der Waals surface area contributed by atoms with Gasteiger partial charge >= 0.3 is 6.03 Å². The molecular weight excluding hydrogens is 455 g/mol. The average Bonchev–Trinajstić information content (AvgIpc) is 3.54. The molecule has 1 saturated heterocycles. The third-order valence-electron chi connectivity index (χ3n) is 5.48. The van der Waals surface area contributed by atoms with Crippen molar-refractivity contribution >= 4 is 27.9 Å². The van der Waals surface area contributed by atoms with E-state index in [2.05, 4.69) is 15.4 Å². The predicted octanol–water partition coefficient (Wildman–Crippen LogP) is 1.04. The number of halogens is 1. The van der Waals surface area contributed by atoms with E-state index in [1.54, 1.807) is 0 Å². The van der Waals surface area contributed by atoms with Gasteiger partial charge in [-0.15, -0.1) is 0 Å². The van der Waals surface area contributed by atoms with Crippen molar-refractivity contribution < 1.29 is 31.9 Å². The summed E-state index contributed by atoms with van der Waals surface area (Å²) in [6.07, 6.45) is 3.42. The number of imide groups is 1. The quantitative estimate of drug-likeness (QED) is 0.283. The van der Waals surface area contributed by atoms with Crippen LogP contribution in [0.3, 0.4) is 0 Å². The highest BCUT2D eigenvalue weighted by Crippen LogP contribution is 2.31. The molecule has 2 fully saturated rings. The lowest BCUT2D eigenvalue weighted by atomic mass is 10.1. The number of nitrogens with zero attached hydrogens (tertiary/aromatic N) is 1. The maximum atomic E-state index is 14.1. The number of unbranched alkanes of at least 4 members (excludes halogenated alkanes) is 2. The highest BCUT2D eigenvalue weighted by molar-refractivity contribution is 7.89. The van der Waals surface area contributed by atoms with E-state index in [4.69, 9.17) is 4.74 Å². The van der Waals surface area contributed by atoms with Crippen LogP contribution in [-0.2, 0) is 19.6 Å². The van der Waals surface area contributed by atoms with E-state index in [1.165, 1.54) is 24.1 Å². The molecule has 1 aromatic rings. The standard InChI is InChI=1S/C21H29FN4O6S/c1-23-20(28)19(15-7-8-16(22)17(11-15)32-13-14-5-6-14)25-33(30,31)10-4-2-3-9-26-12-18(27)24-21(26)29/h7-8,11,14,19,25H,2-6,9-10,12-13H2,1H3,(H,23,28)(H,24,27,29). The molecule has 4 amide bonds. The van der Waals surface area contributed by atoms with Crippen LogP contribution in [0, 0.1) is 11.7 Å². The zero-order chi connectivity index (χ0) is 24.0. The van der Waals surface area contributed by atoms with Gasteiger partial charge in [0.1, 0.15) is 12.6 Å². The number of carbonyl (C=O) groups is 3. The molecule has 0 spiro atoms. The average molecular weight is 485 g/mol. The zero-order valence-corrected chi connectivity index (χ0v) is 19.3. The Morgan fingerprint density at radius 2 is 2.03 bits per heavy atom. The number of benzene rings is 1. The fourth-order valence-corrected chi connectivity index (χ4v) is 4.70. The predicted molar refractivity (Wildman–Crippen MR) is 117 cm³/mol. The van der Waals surface area contributed by atoms with Crippen LogP contribution >= 0.6 is 0 Å². The first-order valence-electron chi connectivity index (χ1n) is 10.9. The lowest BCUT2D eigenvalue weighted by Gasteiger charge is -2.19. The number of rotatable bonds is 13. The Morgan fingerprint density at radius 3 is 2.67 bits per heavy atom. The molecule has 3 rings (SSSR count). The molecule has 12 heteroatoms. The summed E-state index contributed by atoms with van der Waals surface area (Å²) in [5.74, 6) is -1.35. The number of carbonyl (C=O) groups excluding carboxylic acids is 3. The van der Waals surface area contributed by atoms with Crippen LogP contribution in [0.25, 0.3) is 0 Å². The molecular formula is C21H29FN4O6S. The largest absolute Gasteiger partial charge is 0.490 e. The molecule has 0 bridgehead atoms. The third kappa shape index (κ3) is 7.39. The van der Waals surface area contributed by atoms with E-state index >= 15 is 0 Å². The first-order valence-corrected chi connectivity index (χ1v) is 12.6. The molecule has 1 saturated carbocycles. The number of amides is 4. The summed E-state index contributed by atoms with van der Waals surface area (Å²) in [4.78, 5) is 36.4. The summed E-state index contributed by atoms with van der Waals surface area (Å²) >= 11 is 0. The molecule has 10 nitrogen and oxygen atoms in total. The lowest BCUT2D eigenvalue weighted by Crippen LogP contribution is -2.40. The molecule has 0 radical (unpaired) electrons. The van der Waals surface area contributed by atoms with E-state index in [-0.39, 0.29) is 29.5 Å². The van der Waals surface area contributed by atoms with E-state index in [9.17, 15) is 27.2 Å². The van der Waals surface area contributed by atoms with Crippen molar-refractivity contribution in [2.75, 3.05) is 32.5 Å². The minimum atomic E-state index is -3.83. The van der Waals surface area contributed by atoms with Crippen LogP contribution in [0.1, 0.15) is 43.7 Å². The lowest BCUT2D eigenvalue weighted by molar-refractivity contribution is -0.122. The topological polar surface area (TPSA) is 134 Å². The highest BCUT2D eigenvalue weighted by atomic mass is 32.2. The summed E-state index contributed by atoms with van der Waals surface area (Å²) in [5, 5.41) is 4.61. The van der Waals surface area contributed by atoms with Crippen LogP contribution in [-0.4, -0.2) is 63.7 Å². The van der Waals surface area contributed by atoms with E-state index in [0.29, 0.717) is 38.3 Å². The Bertz CT molecular complexity index is 998. The van der Waals surface area contributed by atoms with Crippen LogP contribution in [0.4, 0.5) is 9.18 Å². The van der Waals surface area contributed by atoms with Gasteiger partial charge < -0.3 is 15.0 Å².